The number of carbonyl (C=O) groups excluding carboxylic acids is 2. The Labute approximate surface area is 128 Å². The molecule has 3 amide bonds. The van der Waals surface area contributed by atoms with Crippen LogP contribution in [-0.2, 0) is 0 Å². The summed E-state index contributed by atoms with van der Waals surface area (Å²) in [5, 5.41) is 2.89. The van der Waals surface area contributed by atoms with Gasteiger partial charge in [0.25, 0.3) is 5.91 Å². The van der Waals surface area contributed by atoms with Crippen LogP contribution < -0.4 is 15.8 Å². The molecule has 0 atom stereocenters. The van der Waals surface area contributed by atoms with Crippen LogP contribution in [0.3, 0.4) is 0 Å². The van der Waals surface area contributed by atoms with Gasteiger partial charge in [-0.1, -0.05) is 26.2 Å². The number of aromatic nitrogens is 1. The van der Waals surface area contributed by atoms with Gasteiger partial charge in [-0.2, -0.15) is 4.37 Å². The van der Waals surface area contributed by atoms with E-state index < -0.39 is 5.91 Å². The second kappa shape index (κ2) is 8.46. The molecule has 21 heavy (non-hydrogen) atoms. The minimum atomic E-state index is -0.665. The number of nitrogens with zero attached hydrogens (tertiary/aromatic N) is 2. The van der Waals surface area contributed by atoms with Crippen molar-refractivity contribution in [2.24, 2.45) is 5.73 Å². The van der Waals surface area contributed by atoms with E-state index in [4.69, 9.17) is 10.5 Å². The van der Waals surface area contributed by atoms with E-state index in [2.05, 4.69) is 16.6 Å². The monoisotopic (exact) mass is 314 g/mol. The summed E-state index contributed by atoms with van der Waals surface area (Å²) < 4.78 is 9.55. The second-order valence-corrected chi connectivity index (χ2v) is 5.56. The number of hydrogen-bond donors (Lipinski definition) is 2. The van der Waals surface area contributed by atoms with Crippen molar-refractivity contribution in [2.45, 2.75) is 32.6 Å². The fourth-order valence-corrected chi connectivity index (χ4v) is 2.31. The Hall–Kier alpha value is -1.83. The molecule has 7 nitrogen and oxygen atoms in total. The van der Waals surface area contributed by atoms with Crippen molar-refractivity contribution in [3.05, 3.63) is 5.56 Å². The van der Waals surface area contributed by atoms with Crippen molar-refractivity contribution in [3.8, 4) is 5.88 Å². The van der Waals surface area contributed by atoms with Crippen molar-refractivity contribution in [2.75, 3.05) is 26.0 Å². The molecule has 8 heteroatoms. The third-order valence-electron chi connectivity index (χ3n) is 2.77. The number of amides is 3. The minimum Gasteiger partial charge on any atom is -0.476 e. The summed E-state index contributed by atoms with van der Waals surface area (Å²) in [6.45, 7) is 2.61. The lowest BCUT2D eigenvalue weighted by Gasteiger charge is -2.11. The molecule has 0 unspecified atom stereocenters. The Morgan fingerprint density at radius 1 is 1.33 bits per heavy atom. The van der Waals surface area contributed by atoms with E-state index in [-0.39, 0.29) is 17.5 Å². The first kappa shape index (κ1) is 17.2. The first-order valence-electron chi connectivity index (χ1n) is 6.88. The van der Waals surface area contributed by atoms with Gasteiger partial charge in [0.05, 0.1) is 6.61 Å². The minimum absolute atomic E-state index is 0.130. The van der Waals surface area contributed by atoms with E-state index in [1.165, 1.54) is 4.90 Å². The maximum absolute atomic E-state index is 11.6. The van der Waals surface area contributed by atoms with E-state index in [9.17, 15) is 9.59 Å². The second-order valence-electron chi connectivity index (χ2n) is 4.79. The van der Waals surface area contributed by atoms with E-state index in [1.54, 1.807) is 14.1 Å². The lowest BCUT2D eigenvalue weighted by Crippen LogP contribution is -2.28. The smallest absolute Gasteiger partial charge is 0.321 e. The van der Waals surface area contributed by atoms with Crippen LogP contribution in [0.1, 0.15) is 43.0 Å². The molecular formula is C13H22N4O3S. The summed E-state index contributed by atoms with van der Waals surface area (Å²) in [4.78, 5) is 24.5. The highest BCUT2D eigenvalue weighted by Crippen LogP contribution is 2.30. The fourth-order valence-electron chi connectivity index (χ4n) is 1.58. The largest absolute Gasteiger partial charge is 0.476 e. The molecule has 0 spiro atoms. The summed E-state index contributed by atoms with van der Waals surface area (Å²) in [6.07, 6.45) is 4.25. The topological polar surface area (TPSA) is 97.6 Å². The Morgan fingerprint density at radius 2 is 2.05 bits per heavy atom. The Balaban J connectivity index is 2.70. The maximum atomic E-state index is 11.6. The van der Waals surface area contributed by atoms with E-state index in [0.717, 1.165) is 37.2 Å². The molecule has 1 aromatic rings. The molecule has 0 fully saturated rings. The number of urea groups is 1. The molecule has 0 aliphatic carbocycles. The van der Waals surface area contributed by atoms with Gasteiger partial charge in [0, 0.05) is 14.1 Å². The molecule has 0 aromatic carbocycles. The summed E-state index contributed by atoms with van der Waals surface area (Å²) in [6, 6.07) is -0.351. The highest BCUT2D eigenvalue weighted by atomic mass is 32.1. The lowest BCUT2D eigenvalue weighted by molar-refractivity contribution is 0.0997. The maximum Gasteiger partial charge on any atom is 0.321 e. The Kier molecular flexibility index (Phi) is 6.93. The molecule has 1 heterocycles. The molecule has 1 rings (SSSR count). The lowest BCUT2D eigenvalue weighted by atomic mass is 10.2. The number of anilines is 1. The predicted octanol–water partition coefficient (Wildman–Crippen LogP) is 2.29. The molecule has 0 radical (unpaired) electrons. The quantitative estimate of drug-likeness (QED) is 0.719. The zero-order chi connectivity index (χ0) is 15.8. The van der Waals surface area contributed by atoms with Crippen molar-refractivity contribution < 1.29 is 14.3 Å². The third kappa shape index (κ3) is 5.22. The molecule has 0 bridgehead atoms. The Morgan fingerprint density at radius 3 is 2.62 bits per heavy atom. The van der Waals surface area contributed by atoms with Gasteiger partial charge in [0.1, 0.15) is 10.6 Å². The van der Waals surface area contributed by atoms with Crippen LogP contribution in [0.25, 0.3) is 0 Å². The number of hydrogen-bond acceptors (Lipinski definition) is 5. The summed E-state index contributed by atoms with van der Waals surface area (Å²) in [5.74, 6) is -0.473. The first-order chi connectivity index (χ1) is 9.97. The van der Waals surface area contributed by atoms with E-state index in [1.807, 2.05) is 0 Å². The highest BCUT2D eigenvalue weighted by Gasteiger charge is 2.22. The summed E-state index contributed by atoms with van der Waals surface area (Å²) in [7, 11) is 3.21. The number of primary amides is 1. The first-order valence-corrected chi connectivity index (χ1v) is 7.65. The SMILES string of the molecule is CCCCCCOc1nsc(NC(=O)N(C)C)c1C(N)=O. The average Bonchev–Trinajstić information content (AvgIpc) is 2.81. The number of ether oxygens (including phenoxy) is 1. The van der Waals surface area contributed by atoms with Gasteiger partial charge in [0.15, 0.2) is 0 Å². The van der Waals surface area contributed by atoms with Crippen molar-refractivity contribution in [1.82, 2.24) is 9.27 Å². The van der Waals surface area contributed by atoms with Gasteiger partial charge in [-0.15, -0.1) is 0 Å². The molecule has 118 valence electrons. The van der Waals surface area contributed by atoms with Crippen LogP contribution in [0.2, 0.25) is 0 Å². The van der Waals surface area contributed by atoms with Crippen LogP contribution in [0.5, 0.6) is 5.88 Å². The summed E-state index contributed by atoms with van der Waals surface area (Å²) in [5.41, 5.74) is 5.48. The Bertz CT molecular complexity index is 488. The summed E-state index contributed by atoms with van der Waals surface area (Å²) >= 11 is 0.984. The fraction of sp³-hybridized carbons (Fsp3) is 0.615. The standard InChI is InChI=1S/C13H22N4O3S/c1-4-5-6-7-8-20-11-9(10(14)18)12(21-16-11)15-13(19)17(2)3/h4-8H2,1-3H3,(H2,14,18)(H,15,19). The van der Waals surface area contributed by atoms with Crippen LogP contribution in [0.4, 0.5) is 9.80 Å². The van der Waals surface area contributed by atoms with Crippen LogP contribution >= 0.6 is 11.5 Å². The van der Waals surface area contributed by atoms with E-state index in [0.29, 0.717) is 11.6 Å². The zero-order valence-corrected chi connectivity index (χ0v) is 13.5. The van der Waals surface area contributed by atoms with Gasteiger partial charge in [0.2, 0.25) is 5.88 Å². The number of rotatable bonds is 8. The normalized spacial score (nSPS) is 10.2. The van der Waals surface area contributed by atoms with Crippen molar-refractivity contribution in [1.29, 1.82) is 0 Å². The van der Waals surface area contributed by atoms with Crippen LogP contribution in [0.15, 0.2) is 0 Å². The van der Waals surface area contributed by atoms with Crippen LogP contribution in [-0.4, -0.2) is 41.9 Å². The molecule has 0 saturated heterocycles. The molecule has 0 saturated carbocycles. The van der Waals surface area contributed by atoms with Crippen LogP contribution in [0, 0.1) is 0 Å². The molecule has 0 aliphatic heterocycles. The van der Waals surface area contributed by atoms with Gasteiger partial charge in [-0.3, -0.25) is 10.1 Å². The number of nitrogens with one attached hydrogen (secondary N) is 1. The highest BCUT2D eigenvalue weighted by molar-refractivity contribution is 7.11. The van der Waals surface area contributed by atoms with Gasteiger partial charge >= 0.3 is 6.03 Å². The number of nitrogens with two attached hydrogens (primary N) is 1. The van der Waals surface area contributed by atoms with Gasteiger partial charge in [-0.05, 0) is 18.0 Å². The van der Waals surface area contributed by atoms with Gasteiger partial charge in [-0.25, -0.2) is 4.79 Å². The van der Waals surface area contributed by atoms with Crippen molar-refractivity contribution in [3.63, 3.8) is 0 Å². The average molecular weight is 314 g/mol. The molecular weight excluding hydrogens is 292 g/mol. The number of carbonyl (C=O) groups is 2. The third-order valence-corrected chi connectivity index (χ3v) is 3.52. The molecule has 0 aliphatic rings. The molecule has 3 N–H and O–H groups in total. The zero-order valence-electron chi connectivity index (χ0n) is 12.6. The molecule has 1 aromatic heterocycles. The predicted molar refractivity (Wildman–Crippen MR) is 83.0 cm³/mol. The van der Waals surface area contributed by atoms with E-state index >= 15 is 0 Å². The van der Waals surface area contributed by atoms with Crippen molar-refractivity contribution >= 4 is 28.5 Å². The van der Waals surface area contributed by atoms with Gasteiger partial charge < -0.3 is 15.4 Å². The number of unbranched alkanes of at least 4 members (excludes halogenated alkanes) is 3.